The minimum Gasteiger partial charge on any atom is -0.441 e. The molecule has 0 atom stereocenters. The average molecular weight is 315 g/mol. The summed E-state index contributed by atoms with van der Waals surface area (Å²) >= 11 is 0. The zero-order valence-corrected chi connectivity index (χ0v) is 11.9. The van der Waals surface area contributed by atoms with Crippen LogP contribution in [0.3, 0.4) is 0 Å². The molecule has 0 aliphatic carbocycles. The fraction of sp³-hybridized carbons (Fsp3) is 0.0667. The van der Waals surface area contributed by atoms with Crippen LogP contribution < -0.4 is 5.32 Å². The molecule has 2 aromatic carbocycles. The maximum absolute atomic E-state index is 13.3. The number of aromatic nitrogens is 1. The van der Waals surface area contributed by atoms with E-state index in [9.17, 15) is 19.3 Å². The summed E-state index contributed by atoms with van der Waals surface area (Å²) in [5.41, 5.74) is 0.634. The van der Waals surface area contributed by atoms with E-state index >= 15 is 0 Å². The molecule has 1 N–H and O–H groups in total. The van der Waals surface area contributed by atoms with Crippen LogP contribution in [0.5, 0.6) is 0 Å². The number of carbonyl (C=O) groups is 1. The fourth-order valence-corrected chi connectivity index (χ4v) is 2.17. The number of nitro benzene ring substituents is 1. The lowest BCUT2D eigenvalue weighted by Gasteiger charge is -2.06. The third-order valence-corrected chi connectivity index (χ3v) is 3.15. The summed E-state index contributed by atoms with van der Waals surface area (Å²) in [7, 11) is 0. The normalized spacial score (nSPS) is 10.7. The Morgan fingerprint density at radius 3 is 2.83 bits per heavy atom. The number of benzene rings is 2. The molecule has 23 heavy (non-hydrogen) atoms. The SMILES string of the molecule is Cc1nc2cc(NC(=O)c3cc(F)ccc3[N+](=O)[O-])ccc2o1. The van der Waals surface area contributed by atoms with Crippen molar-refractivity contribution >= 4 is 28.4 Å². The van der Waals surface area contributed by atoms with Gasteiger partial charge in [-0.25, -0.2) is 9.37 Å². The molecule has 0 bridgehead atoms. The Morgan fingerprint density at radius 1 is 1.30 bits per heavy atom. The van der Waals surface area contributed by atoms with Crippen molar-refractivity contribution in [3.05, 3.63) is 63.8 Å². The average Bonchev–Trinajstić information content (AvgIpc) is 2.86. The van der Waals surface area contributed by atoms with Crippen molar-refractivity contribution in [2.24, 2.45) is 0 Å². The van der Waals surface area contributed by atoms with Crippen LogP contribution in [0.25, 0.3) is 11.1 Å². The monoisotopic (exact) mass is 315 g/mol. The van der Waals surface area contributed by atoms with Gasteiger partial charge in [0.1, 0.15) is 16.9 Å². The number of nitrogens with zero attached hydrogens (tertiary/aromatic N) is 2. The van der Waals surface area contributed by atoms with Gasteiger partial charge >= 0.3 is 0 Å². The first-order chi connectivity index (χ1) is 10.9. The summed E-state index contributed by atoms with van der Waals surface area (Å²) < 4.78 is 18.6. The highest BCUT2D eigenvalue weighted by Gasteiger charge is 2.21. The number of rotatable bonds is 3. The zero-order valence-electron chi connectivity index (χ0n) is 11.9. The second-order valence-corrected chi connectivity index (χ2v) is 4.79. The minimum absolute atomic E-state index is 0.355. The molecule has 0 saturated heterocycles. The van der Waals surface area contributed by atoms with Crippen molar-refractivity contribution in [2.75, 3.05) is 5.32 Å². The molecule has 3 aromatic rings. The minimum atomic E-state index is -0.782. The Hall–Kier alpha value is -3.29. The van der Waals surface area contributed by atoms with Gasteiger partial charge in [0.05, 0.1) is 4.92 Å². The van der Waals surface area contributed by atoms with Crippen molar-refractivity contribution in [1.82, 2.24) is 4.98 Å². The molecule has 0 unspecified atom stereocenters. The maximum atomic E-state index is 13.3. The number of aryl methyl sites for hydroxylation is 1. The molecule has 7 nitrogen and oxygen atoms in total. The van der Waals surface area contributed by atoms with Crippen LogP contribution in [0.4, 0.5) is 15.8 Å². The number of carbonyl (C=O) groups excluding carboxylic acids is 1. The van der Waals surface area contributed by atoms with Crippen LogP contribution in [0.2, 0.25) is 0 Å². The van der Waals surface area contributed by atoms with Gasteiger partial charge in [0.2, 0.25) is 0 Å². The number of halogens is 1. The van der Waals surface area contributed by atoms with E-state index in [0.29, 0.717) is 22.7 Å². The van der Waals surface area contributed by atoms with Gasteiger partial charge in [-0.1, -0.05) is 0 Å². The Kier molecular flexibility index (Phi) is 3.49. The first-order valence-corrected chi connectivity index (χ1v) is 6.56. The number of amides is 1. The number of nitrogens with one attached hydrogen (secondary N) is 1. The van der Waals surface area contributed by atoms with Gasteiger partial charge in [-0.3, -0.25) is 14.9 Å². The summed E-state index contributed by atoms with van der Waals surface area (Å²) in [6.45, 7) is 1.69. The number of hydrogen-bond donors (Lipinski definition) is 1. The Balaban J connectivity index is 1.94. The van der Waals surface area contributed by atoms with E-state index in [2.05, 4.69) is 10.3 Å². The first kappa shape index (κ1) is 14.6. The number of anilines is 1. The Labute approximate surface area is 128 Å². The van der Waals surface area contributed by atoms with Crippen molar-refractivity contribution < 1.29 is 18.5 Å². The molecule has 1 heterocycles. The quantitative estimate of drug-likeness (QED) is 0.589. The number of oxazole rings is 1. The van der Waals surface area contributed by atoms with Crippen LogP contribution in [0.15, 0.2) is 40.8 Å². The molecule has 0 aliphatic rings. The van der Waals surface area contributed by atoms with Gasteiger partial charge in [-0.2, -0.15) is 0 Å². The molecule has 1 amide bonds. The van der Waals surface area contributed by atoms with Gasteiger partial charge in [-0.15, -0.1) is 0 Å². The Bertz CT molecular complexity index is 936. The van der Waals surface area contributed by atoms with Crippen molar-refractivity contribution in [3.8, 4) is 0 Å². The van der Waals surface area contributed by atoms with Gasteiger partial charge < -0.3 is 9.73 Å². The highest BCUT2D eigenvalue weighted by Crippen LogP contribution is 2.23. The van der Waals surface area contributed by atoms with Crippen molar-refractivity contribution in [1.29, 1.82) is 0 Å². The van der Waals surface area contributed by atoms with Gasteiger partial charge in [0.15, 0.2) is 11.5 Å². The second-order valence-electron chi connectivity index (χ2n) is 4.79. The van der Waals surface area contributed by atoms with Gasteiger partial charge in [0, 0.05) is 18.7 Å². The third-order valence-electron chi connectivity index (χ3n) is 3.15. The topological polar surface area (TPSA) is 98.3 Å². The summed E-state index contributed by atoms with van der Waals surface area (Å²) in [4.78, 5) is 26.5. The number of nitro groups is 1. The van der Waals surface area contributed by atoms with Crippen molar-refractivity contribution in [3.63, 3.8) is 0 Å². The van der Waals surface area contributed by atoms with E-state index in [-0.39, 0.29) is 5.56 Å². The maximum Gasteiger partial charge on any atom is 0.282 e. The molecule has 0 spiro atoms. The van der Waals surface area contributed by atoms with E-state index in [0.717, 1.165) is 18.2 Å². The molecule has 116 valence electrons. The molecule has 3 rings (SSSR count). The van der Waals surface area contributed by atoms with E-state index in [4.69, 9.17) is 4.42 Å². The first-order valence-electron chi connectivity index (χ1n) is 6.56. The lowest BCUT2D eigenvalue weighted by atomic mass is 10.1. The molecule has 0 saturated carbocycles. The van der Waals surface area contributed by atoms with E-state index < -0.39 is 22.3 Å². The number of hydrogen-bond acceptors (Lipinski definition) is 5. The fourth-order valence-electron chi connectivity index (χ4n) is 2.17. The van der Waals surface area contributed by atoms with E-state index in [1.54, 1.807) is 25.1 Å². The number of fused-ring (bicyclic) bond motifs is 1. The van der Waals surface area contributed by atoms with E-state index in [1.165, 1.54) is 0 Å². The summed E-state index contributed by atoms with van der Waals surface area (Å²) in [6.07, 6.45) is 0. The van der Waals surface area contributed by atoms with Crippen LogP contribution in [-0.4, -0.2) is 15.8 Å². The van der Waals surface area contributed by atoms with Crippen LogP contribution >= 0.6 is 0 Å². The lowest BCUT2D eigenvalue weighted by Crippen LogP contribution is -2.14. The second kappa shape index (κ2) is 5.48. The van der Waals surface area contributed by atoms with Crippen LogP contribution in [-0.2, 0) is 0 Å². The molecule has 8 heteroatoms. The highest BCUT2D eigenvalue weighted by atomic mass is 19.1. The molecule has 1 aromatic heterocycles. The summed E-state index contributed by atoms with van der Waals surface area (Å²) in [6, 6.07) is 7.45. The standard InChI is InChI=1S/C15H10FN3O4/c1-8-17-12-7-10(3-5-14(12)23-8)18-15(20)11-6-9(16)2-4-13(11)19(21)22/h2-7H,1H3,(H,18,20). The predicted molar refractivity (Wildman–Crippen MR) is 79.8 cm³/mol. The Morgan fingerprint density at radius 2 is 2.09 bits per heavy atom. The summed E-state index contributed by atoms with van der Waals surface area (Å²) in [5.74, 6) is -1.04. The zero-order chi connectivity index (χ0) is 16.6. The molecule has 0 fully saturated rings. The van der Waals surface area contributed by atoms with Crippen molar-refractivity contribution in [2.45, 2.75) is 6.92 Å². The predicted octanol–water partition coefficient (Wildman–Crippen LogP) is 3.44. The van der Waals surface area contributed by atoms with Crippen LogP contribution in [0.1, 0.15) is 16.2 Å². The van der Waals surface area contributed by atoms with Gasteiger partial charge in [0.25, 0.3) is 11.6 Å². The molecule has 0 radical (unpaired) electrons. The smallest absolute Gasteiger partial charge is 0.282 e. The lowest BCUT2D eigenvalue weighted by molar-refractivity contribution is -0.385. The molecule has 0 aliphatic heterocycles. The van der Waals surface area contributed by atoms with Gasteiger partial charge in [-0.05, 0) is 30.3 Å². The van der Waals surface area contributed by atoms with Crippen LogP contribution in [0, 0.1) is 22.9 Å². The largest absolute Gasteiger partial charge is 0.441 e. The highest BCUT2D eigenvalue weighted by molar-refractivity contribution is 6.07. The summed E-state index contributed by atoms with van der Waals surface area (Å²) in [5, 5.41) is 13.4. The molecular weight excluding hydrogens is 305 g/mol. The molecular formula is C15H10FN3O4. The third kappa shape index (κ3) is 2.86. The van der Waals surface area contributed by atoms with E-state index in [1.807, 2.05) is 0 Å².